The molecule has 6 nitrogen and oxygen atoms in total. The fraction of sp³-hybridized carbons (Fsp3) is 0.273. The van der Waals surface area contributed by atoms with Crippen molar-refractivity contribution in [1.29, 1.82) is 0 Å². The van der Waals surface area contributed by atoms with Crippen molar-refractivity contribution in [2.24, 2.45) is 5.73 Å². The normalized spacial score (nSPS) is 19.4. The van der Waals surface area contributed by atoms with E-state index in [2.05, 4.69) is 20.3 Å². The molecule has 2 aromatic carbocycles. The maximum atomic E-state index is 13.7. The molecule has 0 unspecified atom stereocenters. The maximum Gasteiger partial charge on any atom is 0.261 e. The highest BCUT2D eigenvalue weighted by Gasteiger charge is 2.25. The largest absolute Gasteiger partial charge is 0.379 e. The Morgan fingerprint density at radius 3 is 2.77 bits per heavy atom. The molecule has 2 atom stereocenters. The number of hydrogen-bond acceptors (Lipinski definition) is 4. The number of pyridine rings is 1. The fourth-order valence-electron chi connectivity index (χ4n) is 4.27. The number of nitrogens with two attached hydrogens (primary N) is 1. The van der Waals surface area contributed by atoms with E-state index in [1.807, 2.05) is 6.07 Å². The first-order chi connectivity index (χ1) is 14.5. The predicted octanol–water partition coefficient (Wildman–Crippen LogP) is 4.55. The average Bonchev–Trinajstić information content (AvgIpc) is 3.12. The number of aromatic nitrogens is 3. The van der Waals surface area contributed by atoms with E-state index in [0.29, 0.717) is 38.6 Å². The van der Waals surface area contributed by atoms with Crippen LogP contribution in [0.3, 0.4) is 0 Å². The number of benzene rings is 2. The van der Waals surface area contributed by atoms with Crippen LogP contribution in [0.2, 0.25) is 5.02 Å². The van der Waals surface area contributed by atoms with Gasteiger partial charge in [0.2, 0.25) is 0 Å². The van der Waals surface area contributed by atoms with Crippen molar-refractivity contribution in [3.05, 3.63) is 57.6 Å². The summed E-state index contributed by atoms with van der Waals surface area (Å²) in [6, 6.07) is 9.64. The van der Waals surface area contributed by atoms with Crippen molar-refractivity contribution in [2.45, 2.75) is 37.8 Å². The van der Waals surface area contributed by atoms with Crippen LogP contribution in [0.5, 0.6) is 0 Å². The van der Waals surface area contributed by atoms with Gasteiger partial charge in [-0.2, -0.15) is 0 Å². The van der Waals surface area contributed by atoms with Gasteiger partial charge in [-0.25, -0.2) is 9.37 Å². The van der Waals surface area contributed by atoms with Crippen LogP contribution in [-0.4, -0.2) is 27.0 Å². The van der Waals surface area contributed by atoms with E-state index in [1.165, 1.54) is 12.1 Å². The van der Waals surface area contributed by atoms with E-state index in [0.717, 1.165) is 31.1 Å². The summed E-state index contributed by atoms with van der Waals surface area (Å²) in [5.74, 6) is -0.00552. The molecule has 0 bridgehead atoms. The molecule has 0 spiro atoms. The van der Waals surface area contributed by atoms with Gasteiger partial charge in [0, 0.05) is 22.5 Å². The van der Waals surface area contributed by atoms with Gasteiger partial charge < -0.3 is 21.0 Å². The van der Waals surface area contributed by atoms with Crippen molar-refractivity contribution < 1.29 is 4.39 Å². The highest BCUT2D eigenvalue weighted by molar-refractivity contribution is 6.31. The minimum Gasteiger partial charge on any atom is -0.379 e. The van der Waals surface area contributed by atoms with Gasteiger partial charge in [0.25, 0.3) is 5.56 Å². The Hall–Kier alpha value is -2.90. The zero-order chi connectivity index (χ0) is 20.8. The Morgan fingerprint density at radius 1 is 1.10 bits per heavy atom. The number of rotatable bonds is 3. The first kappa shape index (κ1) is 19.1. The second-order valence-corrected chi connectivity index (χ2v) is 8.28. The molecule has 4 aromatic rings. The van der Waals surface area contributed by atoms with Crippen LogP contribution in [0.25, 0.3) is 33.3 Å². The number of anilines is 1. The van der Waals surface area contributed by atoms with Crippen LogP contribution >= 0.6 is 11.6 Å². The lowest BCUT2D eigenvalue weighted by Gasteiger charge is -2.31. The molecule has 5 N–H and O–H groups in total. The molecule has 0 aliphatic heterocycles. The number of imidazole rings is 1. The summed E-state index contributed by atoms with van der Waals surface area (Å²) in [6.07, 6.45) is 4.02. The van der Waals surface area contributed by atoms with E-state index < -0.39 is 0 Å². The zero-order valence-corrected chi connectivity index (χ0v) is 16.9. The number of halogens is 2. The molecule has 0 radical (unpaired) electrons. The molecule has 0 amide bonds. The number of aromatic amines is 2. The first-order valence-corrected chi connectivity index (χ1v) is 10.4. The van der Waals surface area contributed by atoms with E-state index >= 15 is 0 Å². The Kier molecular flexibility index (Phi) is 4.72. The molecule has 1 aliphatic carbocycles. The lowest BCUT2D eigenvalue weighted by atomic mass is 9.90. The lowest BCUT2D eigenvalue weighted by molar-refractivity contribution is 0.404. The second kappa shape index (κ2) is 7.41. The summed E-state index contributed by atoms with van der Waals surface area (Å²) < 4.78 is 13.7. The quantitative estimate of drug-likeness (QED) is 0.387. The molecule has 1 fully saturated rings. The number of H-pyrrole nitrogens is 2. The Balaban J connectivity index is 1.74. The third-order valence-electron chi connectivity index (χ3n) is 5.81. The number of hydrogen-bond donors (Lipinski definition) is 4. The van der Waals surface area contributed by atoms with Crippen LogP contribution in [0.1, 0.15) is 25.7 Å². The number of nitrogens with zero attached hydrogens (tertiary/aromatic N) is 1. The van der Waals surface area contributed by atoms with Gasteiger partial charge in [-0.3, -0.25) is 4.79 Å². The summed E-state index contributed by atoms with van der Waals surface area (Å²) in [4.78, 5) is 23.6. The van der Waals surface area contributed by atoms with Crippen molar-refractivity contribution in [1.82, 2.24) is 15.0 Å². The fourth-order valence-corrected chi connectivity index (χ4v) is 4.44. The number of nitrogens with one attached hydrogen (secondary N) is 3. The molecular formula is C22H21ClFN5O. The van der Waals surface area contributed by atoms with Gasteiger partial charge in [-0.05, 0) is 49.2 Å². The lowest BCUT2D eigenvalue weighted by Crippen LogP contribution is -2.43. The molecule has 30 heavy (non-hydrogen) atoms. The summed E-state index contributed by atoms with van der Waals surface area (Å²) >= 11 is 6.27. The van der Waals surface area contributed by atoms with Gasteiger partial charge in [0.05, 0.1) is 22.2 Å². The molecule has 1 saturated carbocycles. The van der Waals surface area contributed by atoms with Crippen molar-refractivity contribution in [3.8, 4) is 11.4 Å². The van der Waals surface area contributed by atoms with Crippen LogP contribution < -0.4 is 16.6 Å². The van der Waals surface area contributed by atoms with Crippen molar-refractivity contribution >= 4 is 39.2 Å². The van der Waals surface area contributed by atoms with E-state index in [4.69, 9.17) is 17.3 Å². The maximum absolute atomic E-state index is 13.7. The second-order valence-electron chi connectivity index (χ2n) is 7.84. The highest BCUT2D eigenvalue weighted by Crippen LogP contribution is 2.34. The highest BCUT2D eigenvalue weighted by atomic mass is 35.5. The van der Waals surface area contributed by atoms with Gasteiger partial charge in [-0.15, -0.1) is 0 Å². The van der Waals surface area contributed by atoms with Gasteiger partial charge in [-0.1, -0.05) is 24.4 Å². The zero-order valence-electron chi connectivity index (χ0n) is 16.1. The molecule has 1 aliphatic rings. The van der Waals surface area contributed by atoms with Gasteiger partial charge in [0.1, 0.15) is 17.2 Å². The van der Waals surface area contributed by atoms with Crippen LogP contribution in [0, 0.1) is 5.82 Å². The summed E-state index contributed by atoms with van der Waals surface area (Å²) in [7, 11) is 0. The minimum absolute atomic E-state index is 0.00936. The van der Waals surface area contributed by atoms with Crippen LogP contribution in [0.4, 0.5) is 10.1 Å². The molecule has 8 heteroatoms. The van der Waals surface area contributed by atoms with Crippen molar-refractivity contribution in [2.75, 3.05) is 5.32 Å². The molecular weight excluding hydrogens is 405 g/mol. The molecule has 5 rings (SSSR count). The number of fused-ring (bicyclic) bond motifs is 2. The third kappa shape index (κ3) is 3.34. The van der Waals surface area contributed by atoms with E-state index in [-0.39, 0.29) is 23.5 Å². The van der Waals surface area contributed by atoms with Gasteiger partial charge >= 0.3 is 0 Å². The van der Waals surface area contributed by atoms with Crippen LogP contribution in [0.15, 0.2) is 41.2 Å². The minimum atomic E-state index is -0.372. The van der Waals surface area contributed by atoms with Crippen molar-refractivity contribution in [3.63, 3.8) is 0 Å². The smallest absolute Gasteiger partial charge is 0.261 e. The molecule has 0 saturated heterocycles. The molecule has 2 aromatic heterocycles. The van der Waals surface area contributed by atoms with E-state index in [9.17, 15) is 9.18 Å². The predicted molar refractivity (Wildman–Crippen MR) is 118 cm³/mol. The summed E-state index contributed by atoms with van der Waals surface area (Å²) in [5, 5.41) is 4.86. The Bertz CT molecular complexity index is 1310. The summed E-state index contributed by atoms with van der Waals surface area (Å²) in [5.41, 5.74) is 8.84. The monoisotopic (exact) mass is 425 g/mol. The average molecular weight is 426 g/mol. The van der Waals surface area contributed by atoms with Crippen LogP contribution in [-0.2, 0) is 0 Å². The molecule has 154 valence electrons. The van der Waals surface area contributed by atoms with E-state index in [1.54, 1.807) is 18.2 Å². The molecule has 2 heterocycles. The summed E-state index contributed by atoms with van der Waals surface area (Å²) in [6.45, 7) is 0. The Morgan fingerprint density at radius 2 is 1.93 bits per heavy atom. The first-order valence-electron chi connectivity index (χ1n) is 10.0. The SMILES string of the molecule is N[C@@H]1CCCC[C@H]1Nc1c(-c2nc3ccc(F)cc3[nH]2)c(=O)[nH]c2ccc(Cl)cc12. The topological polar surface area (TPSA) is 99.6 Å². The standard InChI is InChI=1S/C22H21ClFN5O/c23-11-5-7-15-13(9-11)20(26-16-4-2-1-3-14(16)25)19(22(30)29-15)21-27-17-8-6-12(24)10-18(17)28-21/h5-10,14,16H,1-4,25H2,(H,27,28)(H2,26,29,30)/t14-,16-/m1/s1. The third-order valence-corrected chi connectivity index (χ3v) is 6.04. The Labute approximate surface area is 176 Å². The van der Waals surface area contributed by atoms with Gasteiger partial charge in [0.15, 0.2) is 0 Å².